The molecule has 5 aromatic rings. The van der Waals surface area contributed by atoms with Crippen molar-refractivity contribution in [2.24, 2.45) is 0 Å². The second kappa shape index (κ2) is 5.99. The molecule has 5 rings (SSSR count). The SMILES string of the molecule is Cc1cnn2c(-c3ccc4ncccc4c3)c(-c3cccc(C)n3)nc2c1. The molecule has 27 heavy (non-hydrogen) atoms. The van der Waals surface area contributed by atoms with Crippen LogP contribution in [0.3, 0.4) is 0 Å². The van der Waals surface area contributed by atoms with E-state index in [-0.39, 0.29) is 0 Å². The van der Waals surface area contributed by atoms with Crippen LogP contribution in [0.15, 0.2) is 67.0 Å². The molecule has 0 saturated heterocycles. The number of aromatic nitrogens is 5. The molecule has 0 saturated carbocycles. The molecule has 0 bridgehead atoms. The lowest BCUT2D eigenvalue weighted by atomic mass is 10.1. The van der Waals surface area contributed by atoms with Crippen molar-refractivity contribution >= 4 is 16.6 Å². The third-order valence-electron chi connectivity index (χ3n) is 4.62. The summed E-state index contributed by atoms with van der Waals surface area (Å²) >= 11 is 0. The predicted molar refractivity (Wildman–Crippen MR) is 106 cm³/mol. The second-order valence-electron chi connectivity index (χ2n) is 6.69. The maximum absolute atomic E-state index is 4.86. The van der Waals surface area contributed by atoms with Gasteiger partial charge in [-0.15, -0.1) is 0 Å². The molecule has 0 aliphatic carbocycles. The van der Waals surface area contributed by atoms with Crippen LogP contribution < -0.4 is 0 Å². The Bertz CT molecular complexity index is 1300. The lowest BCUT2D eigenvalue weighted by molar-refractivity contribution is 0.933. The van der Waals surface area contributed by atoms with E-state index in [1.165, 1.54) is 0 Å². The molecule has 5 heteroatoms. The fourth-order valence-corrected chi connectivity index (χ4v) is 3.37. The van der Waals surface area contributed by atoms with Crippen LogP contribution in [0.25, 0.3) is 39.2 Å². The van der Waals surface area contributed by atoms with Crippen molar-refractivity contribution in [3.8, 4) is 22.6 Å². The maximum Gasteiger partial charge on any atom is 0.155 e. The lowest BCUT2D eigenvalue weighted by Gasteiger charge is -2.07. The van der Waals surface area contributed by atoms with E-state index in [1.807, 2.05) is 67.2 Å². The normalized spacial score (nSPS) is 11.3. The first kappa shape index (κ1) is 15.6. The molecular formula is C22H17N5. The predicted octanol–water partition coefficient (Wildman–Crippen LogP) is 4.62. The summed E-state index contributed by atoms with van der Waals surface area (Å²) in [6.45, 7) is 4.01. The van der Waals surface area contributed by atoms with Crippen LogP contribution in [0.5, 0.6) is 0 Å². The number of nitrogens with zero attached hydrogens (tertiary/aromatic N) is 5. The van der Waals surface area contributed by atoms with Gasteiger partial charge in [-0.25, -0.2) is 9.50 Å². The molecule has 0 spiro atoms. The van der Waals surface area contributed by atoms with E-state index in [2.05, 4.69) is 28.3 Å². The van der Waals surface area contributed by atoms with Crippen molar-refractivity contribution in [2.45, 2.75) is 13.8 Å². The van der Waals surface area contributed by atoms with Gasteiger partial charge >= 0.3 is 0 Å². The van der Waals surface area contributed by atoms with Gasteiger partial charge in [-0.2, -0.15) is 5.10 Å². The van der Waals surface area contributed by atoms with Crippen molar-refractivity contribution in [3.63, 3.8) is 0 Å². The fourth-order valence-electron chi connectivity index (χ4n) is 3.37. The van der Waals surface area contributed by atoms with Crippen LogP contribution in [0.2, 0.25) is 0 Å². The summed E-state index contributed by atoms with van der Waals surface area (Å²) in [6, 6.07) is 18.3. The first-order valence-corrected chi connectivity index (χ1v) is 8.84. The Kier molecular flexibility index (Phi) is 3.47. The van der Waals surface area contributed by atoms with Crippen LogP contribution >= 0.6 is 0 Å². The summed E-state index contributed by atoms with van der Waals surface area (Å²) < 4.78 is 1.89. The molecule has 0 aliphatic rings. The average Bonchev–Trinajstić information content (AvgIpc) is 3.06. The van der Waals surface area contributed by atoms with Gasteiger partial charge in [0.1, 0.15) is 11.4 Å². The molecule has 4 aromatic heterocycles. The van der Waals surface area contributed by atoms with Crippen molar-refractivity contribution in [1.29, 1.82) is 0 Å². The highest BCUT2D eigenvalue weighted by molar-refractivity contribution is 5.88. The molecule has 1 aromatic carbocycles. The zero-order valence-electron chi connectivity index (χ0n) is 15.1. The summed E-state index contributed by atoms with van der Waals surface area (Å²) in [7, 11) is 0. The minimum atomic E-state index is 0.814. The van der Waals surface area contributed by atoms with Gasteiger partial charge in [0.2, 0.25) is 0 Å². The van der Waals surface area contributed by atoms with E-state index in [4.69, 9.17) is 9.97 Å². The highest BCUT2D eigenvalue weighted by atomic mass is 15.3. The number of hydrogen-bond donors (Lipinski definition) is 0. The van der Waals surface area contributed by atoms with Crippen molar-refractivity contribution in [3.05, 3.63) is 78.2 Å². The van der Waals surface area contributed by atoms with Gasteiger partial charge in [0.05, 0.1) is 17.4 Å². The summed E-state index contributed by atoms with van der Waals surface area (Å²) in [5.41, 5.74) is 7.47. The molecule has 0 aliphatic heterocycles. The Hall–Kier alpha value is -3.60. The summed E-state index contributed by atoms with van der Waals surface area (Å²) in [6.07, 6.45) is 3.66. The minimum absolute atomic E-state index is 0.814. The molecule has 0 N–H and O–H groups in total. The Balaban J connectivity index is 1.84. The Morgan fingerprint density at radius 3 is 2.70 bits per heavy atom. The molecule has 4 heterocycles. The van der Waals surface area contributed by atoms with Crippen LogP contribution in [0.1, 0.15) is 11.3 Å². The number of rotatable bonds is 2. The first-order valence-electron chi connectivity index (χ1n) is 8.84. The second-order valence-corrected chi connectivity index (χ2v) is 6.69. The standard InChI is InChI=1S/C22H17N5/c1-14-11-20-26-21(19-7-3-5-15(2)25-19)22(27(20)24-13-14)17-8-9-18-16(12-17)6-4-10-23-18/h3-13H,1-2H3. The molecule has 0 atom stereocenters. The van der Waals surface area contributed by atoms with Gasteiger partial charge in [-0.1, -0.05) is 18.2 Å². The van der Waals surface area contributed by atoms with Gasteiger partial charge in [0, 0.05) is 22.8 Å². The van der Waals surface area contributed by atoms with Crippen molar-refractivity contribution in [2.75, 3.05) is 0 Å². The topological polar surface area (TPSA) is 56.0 Å². The first-order chi connectivity index (χ1) is 13.2. The Labute approximate surface area is 156 Å². The van der Waals surface area contributed by atoms with Crippen molar-refractivity contribution in [1.82, 2.24) is 24.6 Å². The molecule has 0 fully saturated rings. The Morgan fingerprint density at radius 2 is 1.81 bits per heavy atom. The van der Waals surface area contributed by atoms with Gasteiger partial charge in [-0.05, 0) is 55.8 Å². The number of imidazole rings is 1. The highest BCUT2D eigenvalue weighted by Gasteiger charge is 2.18. The molecule has 0 unspecified atom stereocenters. The fraction of sp³-hybridized carbons (Fsp3) is 0.0909. The number of pyridine rings is 2. The molecule has 0 amide bonds. The third-order valence-corrected chi connectivity index (χ3v) is 4.62. The van der Waals surface area contributed by atoms with Gasteiger partial charge in [0.25, 0.3) is 0 Å². The minimum Gasteiger partial charge on any atom is -0.256 e. The molecule has 5 nitrogen and oxygen atoms in total. The average molecular weight is 351 g/mol. The van der Waals surface area contributed by atoms with Crippen molar-refractivity contribution < 1.29 is 0 Å². The van der Waals surface area contributed by atoms with E-state index in [9.17, 15) is 0 Å². The Morgan fingerprint density at radius 1 is 0.889 bits per heavy atom. The number of benzene rings is 1. The van der Waals surface area contributed by atoms with Crippen LogP contribution in [-0.2, 0) is 0 Å². The smallest absolute Gasteiger partial charge is 0.155 e. The van der Waals surface area contributed by atoms with Crippen LogP contribution in [-0.4, -0.2) is 24.6 Å². The van der Waals surface area contributed by atoms with E-state index in [1.54, 1.807) is 0 Å². The van der Waals surface area contributed by atoms with E-state index >= 15 is 0 Å². The number of hydrogen-bond acceptors (Lipinski definition) is 4. The largest absolute Gasteiger partial charge is 0.256 e. The lowest BCUT2D eigenvalue weighted by Crippen LogP contribution is -1.96. The summed E-state index contributed by atoms with van der Waals surface area (Å²) in [5, 5.41) is 5.70. The molecule has 0 radical (unpaired) electrons. The van der Waals surface area contributed by atoms with E-state index in [0.29, 0.717) is 0 Å². The maximum atomic E-state index is 4.86. The van der Waals surface area contributed by atoms with Gasteiger partial charge in [0.15, 0.2) is 5.65 Å². The van der Waals surface area contributed by atoms with Crippen LogP contribution in [0.4, 0.5) is 0 Å². The molecule has 130 valence electrons. The van der Waals surface area contributed by atoms with E-state index in [0.717, 1.165) is 50.5 Å². The number of aryl methyl sites for hydroxylation is 2. The van der Waals surface area contributed by atoms with Crippen LogP contribution in [0, 0.1) is 13.8 Å². The number of fused-ring (bicyclic) bond motifs is 2. The van der Waals surface area contributed by atoms with Gasteiger partial charge < -0.3 is 0 Å². The zero-order valence-corrected chi connectivity index (χ0v) is 15.1. The summed E-state index contributed by atoms with van der Waals surface area (Å²) in [4.78, 5) is 14.0. The monoisotopic (exact) mass is 351 g/mol. The van der Waals surface area contributed by atoms with E-state index < -0.39 is 0 Å². The van der Waals surface area contributed by atoms with Gasteiger partial charge in [-0.3, -0.25) is 9.97 Å². The quantitative estimate of drug-likeness (QED) is 0.465. The zero-order chi connectivity index (χ0) is 18.4. The summed E-state index contributed by atoms with van der Waals surface area (Å²) in [5.74, 6) is 0. The molecular weight excluding hydrogens is 334 g/mol. The third kappa shape index (κ3) is 2.64. The highest BCUT2D eigenvalue weighted by Crippen LogP contribution is 2.33.